The van der Waals surface area contributed by atoms with E-state index in [1.807, 2.05) is 30.5 Å². The first kappa shape index (κ1) is 96.5. The number of likely N-dealkylation sites (tertiary alicyclic amines) is 2. The van der Waals surface area contributed by atoms with Gasteiger partial charge in [-0.25, -0.2) is 0 Å². The van der Waals surface area contributed by atoms with Crippen molar-refractivity contribution in [2.24, 2.45) is 38.9 Å². The van der Waals surface area contributed by atoms with Gasteiger partial charge in [-0.3, -0.25) is 62.5 Å². The molecule has 2 fully saturated rings. The first-order valence-corrected chi connectivity index (χ1v) is 43.7. The number of primary amides is 1. The molecule has 3 aromatic carbocycles. The SMILES string of the molecule is CCCCCCCC/C=C/CCCCCCCC(=O)NCCCNC(=O)/C=N/NCC(=O)NCCCC[C@H](NC(=O)[C@H](Cc1ccccc1)NC(=O)[C@@H](Cc1c[nH]c2ccccc12)NC(=O)[C@H](CCCN=C(N)N)NC(=O)[C@@H](Cc1ccccc1)NC(=O)[C@@H]1CCCN1C(=O)[C@@H](N)CCSC)C(=O)N1CCC[C@H]1C(=O)N[C@H](C(N)=O)C(C)C. The highest BCUT2D eigenvalue weighted by molar-refractivity contribution is 7.98. The third kappa shape index (κ3) is 35.4. The van der Waals surface area contributed by atoms with Crippen molar-refractivity contribution < 1.29 is 57.5 Å². The van der Waals surface area contributed by atoms with E-state index in [4.69, 9.17) is 22.9 Å². The van der Waals surface area contributed by atoms with Crippen LogP contribution in [0.15, 0.2) is 113 Å². The zero-order valence-electron chi connectivity index (χ0n) is 69.5. The van der Waals surface area contributed by atoms with Crippen molar-refractivity contribution in [2.75, 3.05) is 57.8 Å². The number of hydrogen-bond donors (Lipinski definition) is 15. The fraction of sp³-hybridized carbons (Fsp3) is 0.581. The molecule has 6 rings (SSSR count). The maximum Gasteiger partial charge on any atom is 0.264 e. The predicted molar refractivity (Wildman–Crippen MR) is 462 cm³/mol. The van der Waals surface area contributed by atoms with Crippen LogP contribution in [0.5, 0.6) is 0 Å². The van der Waals surface area contributed by atoms with Gasteiger partial charge >= 0.3 is 0 Å². The second-order valence-electron chi connectivity index (χ2n) is 30.9. The lowest BCUT2D eigenvalue weighted by molar-refractivity contribution is -0.142. The van der Waals surface area contributed by atoms with Gasteiger partial charge in [0.05, 0.1) is 6.04 Å². The second kappa shape index (κ2) is 54.6. The third-order valence-corrected chi connectivity index (χ3v) is 21.7. The van der Waals surface area contributed by atoms with E-state index in [0.717, 1.165) is 62.1 Å². The number of unbranched alkanes of at least 4 members (excludes halogenated alkanes) is 12. The highest BCUT2D eigenvalue weighted by Gasteiger charge is 2.42. The second-order valence-corrected chi connectivity index (χ2v) is 31.9. The Hall–Kier alpha value is -10.4. The van der Waals surface area contributed by atoms with Crippen molar-refractivity contribution in [3.8, 4) is 0 Å². The number of carbonyl (C=O) groups is 12. The molecule has 12 amide bonds. The number of allylic oxidation sites excluding steroid dienone is 2. The van der Waals surface area contributed by atoms with Gasteiger partial charge in [-0.05, 0) is 143 Å². The molecule has 0 aliphatic carbocycles. The number of hydrogen-bond acceptors (Lipinski definition) is 17. The Kier molecular flexibility index (Phi) is 44.6. The molecule has 2 aliphatic rings. The fourth-order valence-corrected chi connectivity index (χ4v) is 14.9. The van der Waals surface area contributed by atoms with Gasteiger partial charge < -0.3 is 91.0 Å². The van der Waals surface area contributed by atoms with Crippen molar-refractivity contribution in [2.45, 2.75) is 255 Å². The molecule has 9 atom stereocenters. The van der Waals surface area contributed by atoms with Gasteiger partial charge in [0.1, 0.15) is 61.1 Å². The monoisotopic (exact) mass is 1650 g/mol. The summed E-state index contributed by atoms with van der Waals surface area (Å²) >= 11 is 1.54. The molecule has 0 spiro atoms. The number of benzene rings is 3. The number of fused-ring (bicyclic) bond motifs is 1. The molecule has 0 saturated carbocycles. The molecule has 0 bridgehead atoms. The topological polar surface area (TPSA) is 476 Å². The van der Waals surface area contributed by atoms with Crippen LogP contribution in [0, 0.1) is 5.92 Å². The molecule has 0 radical (unpaired) electrons. The van der Waals surface area contributed by atoms with Crippen molar-refractivity contribution in [3.05, 3.63) is 120 Å². The first-order chi connectivity index (χ1) is 57.0. The van der Waals surface area contributed by atoms with Gasteiger partial charge in [0.25, 0.3) is 5.91 Å². The number of thioether (sulfide) groups is 1. The maximum absolute atomic E-state index is 15.5. The molecular formula is C86H131N19O12S. The largest absolute Gasteiger partial charge is 0.370 e. The molecule has 648 valence electrons. The number of H-pyrrole nitrogens is 1. The Morgan fingerprint density at radius 2 is 1.06 bits per heavy atom. The summed E-state index contributed by atoms with van der Waals surface area (Å²) in [4.78, 5) is 179. The molecule has 32 heteroatoms. The average molecular weight is 1660 g/mol. The van der Waals surface area contributed by atoms with E-state index >= 15 is 19.2 Å². The summed E-state index contributed by atoms with van der Waals surface area (Å²) in [6.07, 6.45) is 27.7. The molecular weight excluding hydrogens is 1520 g/mol. The Labute approximate surface area is 699 Å². The lowest BCUT2D eigenvalue weighted by atomic mass is 10.00. The number of amides is 12. The van der Waals surface area contributed by atoms with E-state index in [9.17, 15) is 38.4 Å². The number of carbonyl (C=O) groups excluding carboxylic acids is 12. The normalized spacial score (nSPS) is 15.7. The summed E-state index contributed by atoms with van der Waals surface area (Å²) < 4.78 is 0. The number of nitrogens with two attached hydrogens (primary N) is 4. The molecule has 2 saturated heterocycles. The minimum absolute atomic E-state index is 0.0180. The van der Waals surface area contributed by atoms with Gasteiger partial charge in [0.2, 0.25) is 65.0 Å². The lowest BCUT2D eigenvalue weighted by Gasteiger charge is -2.31. The maximum atomic E-state index is 15.5. The number of guanidine groups is 1. The summed E-state index contributed by atoms with van der Waals surface area (Å²) in [7, 11) is 0. The summed E-state index contributed by atoms with van der Waals surface area (Å²) in [6.45, 7) is 6.65. The van der Waals surface area contributed by atoms with Crippen LogP contribution in [-0.4, -0.2) is 210 Å². The standard InChI is InChI=1S/C86H131N19O12S/c1-5-6-7-8-9-10-11-12-13-14-15-16-17-18-25-44-73(106)91-48-33-49-93-75(108)58-97-96-57-74(107)92-46-29-28-40-67(85(117)105-51-32-43-72(105)83(115)103-76(59(2)3)77(88)109)99-80(112)68(53-60-34-21-19-22-35-60)100-81(113)70(55-62-56-95-65-39-27-26-38-63(62)65)101-78(110)66(41-30-47-94-86(89)90)98-79(111)69(54-61-36-23-20-24-37-61)102-82(114)71-42-31-50-104(71)84(116)64(87)45-52-118-4/h12-13,19-24,26-27,34-39,56,58-59,64,66-72,76,95-96H,5-11,14-18,25,28-33,40-55,57,87H2,1-4H3,(H2,88,109)(H,91,106)(H,92,107)(H,93,108)(H,98,111)(H,99,112)(H,100,113)(H,101,110)(H,102,114)(H,103,115)(H4,89,90,94)/b13-12+,97-58+/t64-,66-,67-,68-,69+,70+,71-,72-,76-/m0/s1. The number of aliphatic imine (C=N–C) groups is 1. The summed E-state index contributed by atoms with van der Waals surface area (Å²) in [6, 6.07) is 14.2. The van der Waals surface area contributed by atoms with E-state index in [1.54, 1.807) is 92.5 Å². The number of nitrogens with zero attached hydrogens (tertiary/aromatic N) is 4. The smallest absolute Gasteiger partial charge is 0.264 e. The van der Waals surface area contributed by atoms with E-state index in [1.165, 1.54) is 48.3 Å². The van der Waals surface area contributed by atoms with Crippen LogP contribution in [0.25, 0.3) is 10.9 Å². The van der Waals surface area contributed by atoms with Crippen LogP contribution >= 0.6 is 11.8 Å². The fourth-order valence-electron chi connectivity index (χ4n) is 14.4. The Bertz CT molecular complexity index is 3900. The first-order valence-electron chi connectivity index (χ1n) is 42.4. The van der Waals surface area contributed by atoms with Crippen LogP contribution in [0.4, 0.5) is 0 Å². The number of nitrogens with one attached hydrogen (secondary N) is 11. The molecule has 118 heavy (non-hydrogen) atoms. The van der Waals surface area contributed by atoms with Gasteiger partial charge in [-0.2, -0.15) is 16.9 Å². The average Bonchev–Trinajstić information content (AvgIpc) is 1.64. The lowest BCUT2D eigenvalue weighted by Crippen LogP contribution is -2.61. The summed E-state index contributed by atoms with van der Waals surface area (Å²) in [5.74, 6) is -7.11. The van der Waals surface area contributed by atoms with E-state index in [-0.39, 0.29) is 101 Å². The van der Waals surface area contributed by atoms with E-state index in [0.29, 0.717) is 87.0 Å². The summed E-state index contributed by atoms with van der Waals surface area (Å²) in [5.41, 5.74) is 28.6. The number of aromatic amines is 1. The minimum Gasteiger partial charge on any atom is -0.370 e. The Balaban J connectivity index is 1.13. The minimum atomic E-state index is -1.48. The highest BCUT2D eigenvalue weighted by atomic mass is 32.2. The highest BCUT2D eigenvalue weighted by Crippen LogP contribution is 2.25. The van der Waals surface area contributed by atoms with Crippen LogP contribution in [0.1, 0.15) is 198 Å². The quantitative estimate of drug-likeness (QED) is 0.00920. The van der Waals surface area contributed by atoms with E-state index in [2.05, 4.69) is 87.4 Å². The van der Waals surface area contributed by atoms with Crippen LogP contribution < -0.4 is 76.2 Å². The number of hydrazone groups is 1. The van der Waals surface area contributed by atoms with Gasteiger partial charge in [-0.1, -0.05) is 163 Å². The predicted octanol–water partition coefficient (Wildman–Crippen LogP) is 4.88. The van der Waals surface area contributed by atoms with Crippen molar-refractivity contribution in [1.29, 1.82) is 0 Å². The Morgan fingerprint density at radius 3 is 1.67 bits per heavy atom. The third-order valence-electron chi connectivity index (χ3n) is 21.0. The van der Waals surface area contributed by atoms with Crippen molar-refractivity contribution >= 4 is 106 Å². The zero-order valence-corrected chi connectivity index (χ0v) is 70.3. The molecule has 1 aromatic heterocycles. The molecule has 4 aromatic rings. The number of para-hydroxylation sites is 1. The van der Waals surface area contributed by atoms with Gasteiger partial charge in [0.15, 0.2) is 5.96 Å². The Morgan fingerprint density at radius 1 is 0.542 bits per heavy atom. The van der Waals surface area contributed by atoms with Gasteiger partial charge in [-0.15, -0.1) is 0 Å². The molecule has 2 aliphatic heterocycles. The van der Waals surface area contributed by atoms with Crippen LogP contribution in [0.2, 0.25) is 0 Å². The number of rotatable bonds is 57. The summed E-state index contributed by atoms with van der Waals surface area (Å²) in [5, 5.41) is 30.2. The molecule has 31 nitrogen and oxygen atoms in total. The van der Waals surface area contributed by atoms with Crippen LogP contribution in [-0.2, 0) is 76.8 Å². The van der Waals surface area contributed by atoms with Crippen molar-refractivity contribution in [1.82, 2.24) is 68.1 Å². The van der Waals surface area contributed by atoms with Crippen LogP contribution in [0.3, 0.4) is 0 Å². The number of aromatic nitrogens is 1. The molecule has 3 heterocycles. The van der Waals surface area contributed by atoms with Crippen molar-refractivity contribution in [3.63, 3.8) is 0 Å². The molecule has 19 N–H and O–H groups in total. The zero-order chi connectivity index (χ0) is 85.4. The molecule has 0 unspecified atom stereocenters. The van der Waals surface area contributed by atoms with Gasteiger partial charge in [0, 0.05) is 82.1 Å². The van der Waals surface area contributed by atoms with E-state index < -0.39 is 113 Å².